The van der Waals surface area contributed by atoms with Crippen LogP contribution in [0.2, 0.25) is 0 Å². The molecule has 5 heteroatoms. The summed E-state index contributed by atoms with van der Waals surface area (Å²) in [4.78, 5) is 24.4. The van der Waals surface area contributed by atoms with Crippen LogP contribution in [0.5, 0.6) is 0 Å². The normalized spacial score (nSPS) is 15.6. The molecule has 5 nitrogen and oxygen atoms in total. The van der Waals surface area contributed by atoms with E-state index in [2.05, 4.69) is 33.0 Å². The molecule has 0 aliphatic heterocycles. The molecular formula is C22H43NO4. The number of hydrogen-bond donors (Lipinski definition) is 1. The molecule has 0 aliphatic rings. The maximum Gasteiger partial charge on any atom is 0.322 e. The molecule has 0 rings (SSSR count). The molecule has 0 aromatic carbocycles. The zero-order valence-electron chi connectivity index (χ0n) is 18.5. The number of rotatable bonds is 16. The molecular weight excluding hydrogens is 342 g/mol. The number of ether oxygens (including phenoxy) is 2. The van der Waals surface area contributed by atoms with Gasteiger partial charge in [0.25, 0.3) is 0 Å². The third kappa shape index (κ3) is 12.1. The topological polar surface area (TPSA) is 64.6 Å². The van der Waals surface area contributed by atoms with Gasteiger partial charge in [-0.25, -0.2) is 0 Å². The van der Waals surface area contributed by atoms with E-state index in [0.717, 1.165) is 51.4 Å². The fraction of sp³-hybridized carbons (Fsp3) is 0.909. The van der Waals surface area contributed by atoms with Crippen molar-refractivity contribution in [2.45, 2.75) is 105 Å². The Morgan fingerprint density at radius 1 is 0.741 bits per heavy atom. The molecule has 27 heavy (non-hydrogen) atoms. The first kappa shape index (κ1) is 25.9. The van der Waals surface area contributed by atoms with E-state index < -0.39 is 12.1 Å². The minimum absolute atomic E-state index is 0.307. The number of hydrogen-bond acceptors (Lipinski definition) is 5. The van der Waals surface area contributed by atoms with Crippen LogP contribution in [0.15, 0.2) is 0 Å². The Labute approximate surface area is 167 Å². The third-order valence-corrected chi connectivity index (χ3v) is 5.22. The van der Waals surface area contributed by atoms with Crippen molar-refractivity contribution >= 4 is 11.9 Å². The van der Waals surface area contributed by atoms with Crippen molar-refractivity contribution in [2.75, 3.05) is 13.2 Å². The van der Waals surface area contributed by atoms with Crippen LogP contribution < -0.4 is 5.32 Å². The number of carbonyl (C=O) groups is 2. The van der Waals surface area contributed by atoms with Gasteiger partial charge in [-0.05, 0) is 38.5 Å². The molecule has 4 atom stereocenters. The van der Waals surface area contributed by atoms with E-state index in [-0.39, 0.29) is 11.9 Å². The van der Waals surface area contributed by atoms with Crippen molar-refractivity contribution in [3.8, 4) is 0 Å². The predicted molar refractivity (Wildman–Crippen MR) is 111 cm³/mol. The summed E-state index contributed by atoms with van der Waals surface area (Å²) >= 11 is 0. The molecule has 0 heterocycles. The van der Waals surface area contributed by atoms with Crippen LogP contribution in [-0.2, 0) is 19.1 Å². The van der Waals surface area contributed by atoms with Crippen LogP contribution >= 0.6 is 0 Å². The number of carbonyl (C=O) groups excluding carboxylic acids is 2. The van der Waals surface area contributed by atoms with Crippen LogP contribution in [0.3, 0.4) is 0 Å². The molecule has 160 valence electrons. The maximum atomic E-state index is 12.2. The van der Waals surface area contributed by atoms with Crippen molar-refractivity contribution in [3.63, 3.8) is 0 Å². The first-order valence-corrected chi connectivity index (χ1v) is 11.0. The van der Waals surface area contributed by atoms with Crippen LogP contribution in [0.4, 0.5) is 0 Å². The van der Waals surface area contributed by atoms with Crippen molar-refractivity contribution < 1.29 is 19.1 Å². The van der Waals surface area contributed by atoms with E-state index in [1.807, 2.05) is 0 Å². The number of esters is 2. The molecule has 0 radical (unpaired) electrons. The molecule has 0 amide bonds. The SMILES string of the molecule is CCCCC(CC)COC(=O)C(C)NC(C)C(=O)OCC(CC)CCCC. The highest BCUT2D eigenvalue weighted by molar-refractivity contribution is 5.79. The Bertz CT molecular complexity index is 364. The highest BCUT2D eigenvalue weighted by Crippen LogP contribution is 2.14. The highest BCUT2D eigenvalue weighted by atomic mass is 16.5. The Morgan fingerprint density at radius 2 is 1.11 bits per heavy atom. The van der Waals surface area contributed by atoms with Crippen LogP contribution in [0.1, 0.15) is 92.9 Å². The molecule has 0 bridgehead atoms. The van der Waals surface area contributed by atoms with Gasteiger partial charge in [-0.15, -0.1) is 0 Å². The van der Waals surface area contributed by atoms with Crippen molar-refractivity contribution in [3.05, 3.63) is 0 Å². The molecule has 0 spiro atoms. The molecule has 4 unspecified atom stereocenters. The predicted octanol–water partition coefficient (Wildman–Crippen LogP) is 4.87. The Morgan fingerprint density at radius 3 is 1.41 bits per heavy atom. The second-order valence-corrected chi connectivity index (χ2v) is 7.70. The van der Waals surface area contributed by atoms with Crippen molar-refractivity contribution in [1.82, 2.24) is 5.32 Å². The molecule has 0 fully saturated rings. The van der Waals surface area contributed by atoms with E-state index in [9.17, 15) is 9.59 Å². The third-order valence-electron chi connectivity index (χ3n) is 5.22. The molecule has 0 aliphatic carbocycles. The smallest absolute Gasteiger partial charge is 0.322 e. The van der Waals surface area contributed by atoms with Gasteiger partial charge in [0.1, 0.15) is 12.1 Å². The summed E-state index contributed by atoms with van der Waals surface area (Å²) in [6, 6.07) is -1.06. The Hall–Kier alpha value is -1.10. The fourth-order valence-corrected chi connectivity index (χ4v) is 2.96. The Balaban J connectivity index is 4.23. The zero-order valence-corrected chi connectivity index (χ0v) is 18.5. The van der Waals surface area contributed by atoms with Crippen LogP contribution in [-0.4, -0.2) is 37.2 Å². The van der Waals surface area contributed by atoms with Gasteiger partial charge in [0.05, 0.1) is 13.2 Å². The molecule has 0 saturated heterocycles. The zero-order chi connectivity index (χ0) is 20.7. The lowest BCUT2D eigenvalue weighted by atomic mass is 10.0. The second-order valence-electron chi connectivity index (χ2n) is 7.70. The van der Waals surface area contributed by atoms with Gasteiger partial charge < -0.3 is 9.47 Å². The highest BCUT2D eigenvalue weighted by Gasteiger charge is 2.23. The first-order valence-electron chi connectivity index (χ1n) is 11.0. The summed E-state index contributed by atoms with van der Waals surface area (Å²) in [6.45, 7) is 12.9. The van der Waals surface area contributed by atoms with Gasteiger partial charge in [-0.2, -0.15) is 0 Å². The minimum Gasteiger partial charge on any atom is -0.464 e. The second kappa shape index (κ2) is 15.9. The van der Waals surface area contributed by atoms with Crippen LogP contribution in [0, 0.1) is 11.8 Å². The van der Waals surface area contributed by atoms with Gasteiger partial charge in [0.2, 0.25) is 0 Å². The van der Waals surface area contributed by atoms with E-state index in [4.69, 9.17) is 9.47 Å². The molecule has 0 aromatic rings. The first-order chi connectivity index (χ1) is 12.9. The number of nitrogens with one attached hydrogen (secondary N) is 1. The molecule has 0 aromatic heterocycles. The van der Waals surface area contributed by atoms with Crippen molar-refractivity contribution in [1.29, 1.82) is 0 Å². The van der Waals surface area contributed by atoms with Crippen molar-refractivity contribution in [2.24, 2.45) is 11.8 Å². The van der Waals surface area contributed by atoms with E-state index in [1.54, 1.807) is 13.8 Å². The molecule has 1 N–H and O–H groups in total. The summed E-state index contributed by atoms with van der Waals surface area (Å²) < 4.78 is 10.9. The summed E-state index contributed by atoms with van der Waals surface area (Å²) in [7, 11) is 0. The lowest BCUT2D eigenvalue weighted by Gasteiger charge is -2.21. The lowest BCUT2D eigenvalue weighted by molar-refractivity contribution is -0.150. The quantitative estimate of drug-likeness (QED) is 0.384. The Kier molecular flexibility index (Phi) is 15.3. The van der Waals surface area contributed by atoms with Crippen LogP contribution in [0.25, 0.3) is 0 Å². The van der Waals surface area contributed by atoms with E-state index in [1.165, 1.54) is 0 Å². The largest absolute Gasteiger partial charge is 0.464 e. The fourth-order valence-electron chi connectivity index (χ4n) is 2.96. The summed E-state index contributed by atoms with van der Waals surface area (Å²) in [5.41, 5.74) is 0. The minimum atomic E-state index is -0.529. The maximum absolute atomic E-state index is 12.2. The average Bonchev–Trinajstić information content (AvgIpc) is 2.67. The van der Waals surface area contributed by atoms with Gasteiger partial charge >= 0.3 is 11.9 Å². The van der Waals surface area contributed by atoms with E-state index >= 15 is 0 Å². The molecule has 0 saturated carbocycles. The van der Waals surface area contributed by atoms with Gasteiger partial charge in [0, 0.05) is 0 Å². The van der Waals surface area contributed by atoms with Gasteiger partial charge in [-0.3, -0.25) is 14.9 Å². The summed E-state index contributed by atoms with van der Waals surface area (Å²) in [5, 5.41) is 3.00. The summed E-state index contributed by atoms with van der Waals surface area (Å²) in [6.07, 6.45) is 8.80. The van der Waals surface area contributed by atoms with E-state index in [0.29, 0.717) is 25.0 Å². The average molecular weight is 386 g/mol. The van der Waals surface area contributed by atoms with Gasteiger partial charge in [-0.1, -0.05) is 66.2 Å². The number of unbranched alkanes of at least 4 members (excludes halogenated alkanes) is 2. The van der Waals surface area contributed by atoms with Gasteiger partial charge in [0.15, 0.2) is 0 Å². The standard InChI is InChI=1S/C22H43NO4/c1-7-11-13-19(9-3)15-26-21(24)17(5)23-18(6)22(25)27-16-20(10-4)14-12-8-2/h17-20,23H,7-16H2,1-6H3. The summed E-state index contributed by atoms with van der Waals surface area (Å²) in [5.74, 6) is 0.216. The monoisotopic (exact) mass is 385 g/mol. The lowest BCUT2D eigenvalue weighted by Crippen LogP contribution is -2.45.